The van der Waals surface area contributed by atoms with Gasteiger partial charge in [-0.3, -0.25) is 4.79 Å². The van der Waals surface area contributed by atoms with Gasteiger partial charge in [0.2, 0.25) is 5.91 Å². The minimum absolute atomic E-state index is 0.141. The van der Waals surface area contributed by atoms with E-state index in [1.54, 1.807) is 24.3 Å². The van der Waals surface area contributed by atoms with Crippen LogP contribution in [0.3, 0.4) is 0 Å². The summed E-state index contributed by atoms with van der Waals surface area (Å²) in [7, 11) is 0. The molecule has 0 heterocycles. The van der Waals surface area contributed by atoms with E-state index in [-0.39, 0.29) is 17.8 Å². The number of ether oxygens (including phenoxy) is 1. The van der Waals surface area contributed by atoms with E-state index in [0.717, 1.165) is 0 Å². The van der Waals surface area contributed by atoms with E-state index >= 15 is 0 Å². The zero-order valence-electron chi connectivity index (χ0n) is 11.7. The third kappa shape index (κ3) is 4.55. The first kappa shape index (κ1) is 16.0. The molecule has 0 spiro atoms. The second-order valence-electron chi connectivity index (χ2n) is 4.44. The maximum Gasteiger partial charge on any atom is 0.235 e. The SMILES string of the molecule is CCOCC(C)NC(=O)C(C(N)=NO)c1ccccc1. The van der Waals surface area contributed by atoms with E-state index in [0.29, 0.717) is 18.8 Å². The van der Waals surface area contributed by atoms with Gasteiger partial charge in [0.25, 0.3) is 0 Å². The minimum Gasteiger partial charge on any atom is -0.409 e. The van der Waals surface area contributed by atoms with Gasteiger partial charge in [0.15, 0.2) is 5.84 Å². The number of nitrogens with one attached hydrogen (secondary N) is 1. The molecule has 6 heteroatoms. The van der Waals surface area contributed by atoms with E-state index < -0.39 is 5.92 Å². The van der Waals surface area contributed by atoms with Gasteiger partial charge in [0.1, 0.15) is 5.92 Å². The molecule has 1 aromatic carbocycles. The lowest BCUT2D eigenvalue weighted by Gasteiger charge is -2.19. The van der Waals surface area contributed by atoms with Crippen molar-refractivity contribution in [3.8, 4) is 0 Å². The highest BCUT2D eigenvalue weighted by atomic mass is 16.5. The Bertz CT molecular complexity index is 448. The fourth-order valence-electron chi connectivity index (χ4n) is 1.82. The molecule has 1 rings (SSSR count). The predicted octanol–water partition coefficient (Wildman–Crippen LogP) is 1.06. The molecule has 0 saturated carbocycles. The van der Waals surface area contributed by atoms with Crippen LogP contribution in [-0.2, 0) is 9.53 Å². The minimum atomic E-state index is -0.815. The average molecular weight is 279 g/mol. The molecule has 2 unspecified atom stereocenters. The first-order valence-corrected chi connectivity index (χ1v) is 6.50. The number of carbonyl (C=O) groups excluding carboxylic acids is 1. The molecule has 0 fully saturated rings. The van der Waals surface area contributed by atoms with Crippen LogP contribution in [0.25, 0.3) is 0 Å². The number of benzene rings is 1. The highest BCUT2D eigenvalue weighted by Gasteiger charge is 2.26. The fraction of sp³-hybridized carbons (Fsp3) is 0.429. The van der Waals surface area contributed by atoms with Crippen LogP contribution in [0.4, 0.5) is 0 Å². The van der Waals surface area contributed by atoms with Crippen LogP contribution in [0, 0.1) is 0 Å². The molecule has 4 N–H and O–H groups in total. The summed E-state index contributed by atoms with van der Waals surface area (Å²) in [5.74, 6) is -1.28. The first-order valence-electron chi connectivity index (χ1n) is 6.50. The molecule has 0 radical (unpaired) electrons. The summed E-state index contributed by atoms with van der Waals surface area (Å²) in [4.78, 5) is 12.3. The molecule has 6 nitrogen and oxygen atoms in total. The van der Waals surface area contributed by atoms with Gasteiger partial charge in [-0.15, -0.1) is 0 Å². The number of nitrogens with two attached hydrogens (primary N) is 1. The molecule has 1 aromatic rings. The van der Waals surface area contributed by atoms with E-state index in [4.69, 9.17) is 15.7 Å². The Morgan fingerprint density at radius 1 is 1.45 bits per heavy atom. The fourth-order valence-corrected chi connectivity index (χ4v) is 1.82. The summed E-state index contributed by atoms with van der Waals surface area (Å²) in [6.45, 7) is 4.72. The second kappa shape index (κ2) is 8.16. The van der Waals surface area contributed by atoms with Crippen molar-refractivity contribution >= 4 is 11.7 Å². The molecule has 0 aliphatic heterocycles. The molecule has 110 valence electrons. The van der Waals surface area contributed by atoms with E-state index in [1.165, 1.54) is 0 Å². The number of carbonyl (C=O) groups is 1. The lowest BCUT2D eigenvalue weighted by Crippen LogP contribution is -2.43. The van der Waals surface area contributed by atoms with Crippen molar-refractivity contribution < 1.29 is 14.7 Å². The standard InChI is InChI=1S/C14H21N3O3/c1-3-20-9-10(2)16-14(18)12(13(15)17-19)11-7-5-4-6-8-11/h4-8,10,12,19H,3,9H2,1-2H3,(H2,15,17)(H,16,18). The summed E-state index contributed by atoms with van der Waals surface area (Å²) >= 11 is 0. The predicted molar refractivity (Wildman–Crippen MR) is 76.7 cm³/mol. The van der Waals surface area contributed by atoms with Crippen molar-refractivity contribution in [2.45, 2.75) is 25.8 Å². The van der Waals surface area contributed by atoms with E-state index in [9.17, 15) is 4.79 Å². The lowest BCUT2D eigenvalue weighted by molar-refractivity contribution is -0.122. The number of rotatable bonds is 7. The molecule has 2 atom stereocenters. The van der Waals surface area contributed by atoms with Crippen LogP contribution in [0.15, 0.2) is 35.5 Å². The summed E-state index contributed by atoms with van der Waals surface area (Å²) in [5, 5.41) is 14.6. The Morgan fingerprint density at radius 2 is 2.10 bits per heavy atom. The van der Waals surface area contributed by atoms with Gasteiger partial charge in [0, 0.05) is 12.6 Å². The van der Waals surface area contributed by atoms with E-state index in [1.807, 2.05) is 19.9 Å². The number of hydrogen-bond acceptors (Lipinski definition) is 4. The Labute approximate surface area is 118 Å². The Hall–Kier alpha value is -2.08. The van der Waals surface area contributed by atoms with Crippen molar-refractivity contribution in [1.82, 2.24) is 5.32 Å². The normalized spacial score (nSPS) is 14.6. The third-order valence-electron chi connectivity index (χ3n) is 2.77. The van der Waals surface area contributed by atoms with Crippen LogP contribution in [0.5, 0.6) is 0 Å². The molecular weight excluding hydrogens is 258 g/mol. The van der Waals surface area contributed by atoms with E-state index in [2.05, 4.69) is 10.5 Å². The van der Waals surface area contributed by atoms with Crippen molar-refractivity contribution in [3.63, 3.8) is 0 Å². The Kier molecular flexibility index (Phi) is 6.52. The van der Waals surface area contributed by atoms with Crippen molar-refractivity contribution in [2.24, 2.45) is 10.9 Å². The van der Waals surface area contributed by atoms with Crippen LogP contribution < -0.4 is 11.1 Å². The monoisotopic (exact) mass is 279 g/mol. The van der Waals surface area contributed by atoms with Gasteiger partial charge in [-0.25, -0.2) is 0 Å². The zero-order chi connectivity index (χ0) is 15.0. The third-order valence-corrected chi connectivity index (χ3v) is 2.77. The lowest BCUT2D eigenvalue weighted by atomic mass is 9.97. The number of amides is 1. The summed E-state index contributed by atoms with van der Waals surface area (Å²) in [6.07, 6.45) is 0. The van der Waals surface area contributed by atoms with Crippen molar-refractivity contribution in [3.05, 3.63) is 35.9 Å². The van der Waals surface area contributed by atoms with Crippen LogP contribution >= 0.6 is 0 Å². The summed E-state index contributed by atoms with van der Waals surface area (Å²) < 4.78 is 5.24. The van der Waals surface area contributed by atoms with Crippen molar-refractivity contribution in [2.75, 3.05) is 13.2 Å². The highest BCUT2D eigenvalue weighted by Crippen LogP contribution is 2.16. The Morgan fingerprint density at radius 3 is 2.65 bits per heavy atom. The molecule has 1 amide bonds. The van der Waals surface area contributed by atoms with Crippen LogP contribution in [0.1, 0.15) is 25.3 Å². The Balaban J connectivity index is 2.82. The van der Waals surface area contributed by atoms with Gasteiger partial charge in [-0.2, -0.15) is 0 Å². The largest absolute Gasteiger partial charge is 0.409 e. The number of hydrogen-bond donors (Lipinski definition) is 3. The smallest absolute Gasteiger partial charge is 0.235 e. The zero-order valence-corrected chi connectivity index (χ0v) is 11.7. The molecule has 0 saturated heterocycles. The van der Waals surface area contributed by atoms with Crippen molar-refractivity contribution in [1.29, 1.82) is 0 Å². The van der Waals surface area contributed by atoms with Gasteiger partial charge in [-0.05, 0) is 19.4 Å². The molecule has 0 bridgehead atoms. The van der Waals surface area contributed by atoms with Gasteiger partial charge < -0.3 is 21.0 Å². The van der Waals surface area contributed by atoms with Gasteiger partial charge >= 0.3 is 0 Å². The molecule has 0 aliphatic carbocycles. The first-order chi connectivity index (χ1) is 9.60. The quantitative estimate of drug-likeness (QED) is 0.301. The van der Waals surface area contributed by atoms with Crippen LogP contribution in [-0.4, -0.2) is 36.2 Å². The van der Waals surface area contributed by atoms with Gasteiger partial charge in [0.05, 0.1) is 6.61 Å². The molecule has 20 heavy (non-hydrogen) atoms. The maximum atomic E-state index is 12.3. The summed E-state index contributed by atoms with van der Waals surface area (Å²) in [5.41, 5.74) is 6.30. The van der Waals surface area contributed by atoms with Crippen LogP contribution in [0.2, 0.25) is 0 Å². The average Bonchev–Trinajstić information content (AvgIpc) is 2.46. The topological polar surface area (TPSA) is 96.9 Å². The summed E-state index contributed by atoms with van der Waals surface area (Å²) in [6, 6.07) is 8.79. The second-order valence-corrected chi connectivity index (χ2v) is 4.44. The molecule has 0 aliphatic rings. The number of nitrogens with zero attached hydrogens (tertiary/aromatic N) is 1. The molecule has 0 aromatic heterocycles. The van der Waals surface area contributed by atoms with Gasteiger partial charge in [-0.1, -0.05) is 35.5 Å². The number of amidine groups is 1. The highest BCUT2D eigenvalue weighted by molar-refractivity contribution is 6.07. The maximum absolute atomic E-state index is 12.3. The molecular formula is C14H21N3O3. The number of oxime groups is 1.